The van der Waals surface area contributed by atoms with Crippen LogP contribution in [0.2, 0.25) is 0 Å². The summed E-state index contributed by atoms with van der Waals surface area (Å²) in [6, 6.07) is 16.5. The number of thioether (sulfide) groups is 1. The zero-order valence-corrected chi connectivity index (χ0v) is 17.1. The summed E-state index contributed by atoms with van der Waals surface area (Å²) >= 11 is 0.863. The number of rotatable bonds is 4. The van der Waals surface area contributed by atoms with Gasteiger partial charge in [0.2, 0.25) is 5.89 Å². The number of furan rings is 1. The van der Waals surface area contributed by atoms with Crippen molar-refractivity contribution in [3.8, 4) is 11.5 Å². The van der Waals surface area contributed by atoms with Gasteiger partial charge in [0.15, 0.2) is 6.10 Å². The molecule has 0 aliphatic carbocycles. The van der Waals surface area contributed by atoms with Gasteiger partial charge in [-0.1, -0.05) is 24.3 Å². The normalized spacial score (nSPS) is 16.3. The first-order valence-electron chi connectivity index (χ1n) is 9.47. The van der Waals surface area contributed by atoms with Gasteiger partial charge >= 0.3 is 0 Å². The number of oxazole rings is 1. The Bertz CT molecular complexity index is 1350. The molecule has 7 nitrogen and oxygen atoms in total. The Labute approximate surface area is 180 Å². The van der Waals surface area contributed by atoms with E-state index in [0.717, 1.165) is 28.3 Å². The molecule has 2 N–H and O–H groups in total. The number of nitrogens with one attached hydrogen (secondary N) is 1. The highest BCUT2D eigenvalue weighted by Crippen LogP contribution is 2.33. The van der Waals surface area contributed by atoms with Gasteiger partial charge in [0.25, 0.3) is 11.1 Å². The number of nitrogens with zero attached hydrogens (tertiary/aromatic N) is 1. The maximum Gasteiger partial charge on any atom is 0.290 e. The molecule has 4 aromatic rings. The highest BCUT2D eigenvalue weighted by molar-refractivity contribution is 8.18. The van der Waals surface area contributed by atoms with E-state index in [1.54, 1.807) is 31.2 Å². The summed E-state index contributed by atoms with van der Waals surface area (Å²) in [7, 11) is 0. The van der Waals surface area contributed by atoms with Crippen LogP contribution in [-0.4, -0.2) is 21.2 Å². The van der Waals surface area contributed by atoms with Gasteiger partial charge in [0.1, 0.15) is 22.8 Å². The number of aliphatic hydroxyl groups is 1. The SMILES string of the molecule is Cc1oc(-c2ccccc2)nc1C(O)c1cc2cc(C=C3SC(=O)NC3=O)ccc2o1. The van der Waals surface area contributed by atoms with Crippen LogP contribution in [0.15, 0.2) is 68.3 Å². The van der Waals surface area contributed by atoms with Gasteiger partial charge in [-0.3, -0.25) is 14.9 Å². The Morgan fingerprint density at radius 1 is 1.10 bits per heavy atom. The van der Waals surface area contributed by atoms with E-state index in [2.05, 4.69) is 10.3 Å². The maximum atomic E-state index is 11.8. The molecule has 2 amide bonds. The minimum Gasteiger partial charge on any atom is -0.458 e. The summed E-state index contributed by atoms with van der Waals surface area (Å²) in [6.07, 6.45) is 0.547. The first-order chi connectivity index (χ1) is 15.0. The van der Waals surface area contributed by atoms with Crippen molar-refractivity contribution in [2.45, 2.75) is 13.0 Å². The van der Waals surface area contributed by atoms with Gasteiger partial charge in [0, 0.05) is 10.9 Å². The third-order valence-electron chi connectivity index (χ3n) is 4.88. The maximum absolute atomic E-state index is 11.8. The molecule has 1 fully saturated rings. The zero-order chi connectivity index (χ0) is 21.5. The van der Waals surface area contributed by atoms with Crippen molar-refractivity contribution in [3.63, 3.8) is 0 Å². The van der Waals surface area contributed by atoms with Crippen LogP contribution in [0.25, 0.3) is 28.5 Å². The quantitative estimate of drug-likeness (QED) is 0.446. The smallest absolute Gasteiger partial charge is 0.290 e. The van der Waals surface area contributed by atoms with Crippen molar-refractivity contribution in [3.05, 3.63) is 82.3 Å². The molecule has 1 saturated heterocycles. The largest absolute Gasteiger partial charge is 0.458 e. The fourth-order valence-corrected chi connectivity index (χ4v) is 4.06. The fourth-order valence-electron chi connectivity index (χ4n) is 3.38. The number of carbonyl (C=O) groups excluding carboxylic acids is 2. The highest BCUT2D eigenvalue weighted by Gasteiger charge is 2.26. The molecule has 154 valence electrons. The van der Waals surface area contributed by atoms with E-state index in [9.17, 15) is 14.7 Å². The second-order valence-corrected chi connectivity index (χ2v) is 8.04. The average molecular weight is 432 g/mol. The predicted octanol–water partition coefficient (Wildman–Crippen LogP) is 4.80. The van der Waals surface area contributed by atoms with Crippen LogP contribution in [0.4, 0.5) is 4.79 Å². The molecular weight excluding hydrogens is 416 g/mol. The summed E-state index contributed by atoms with van der Waals surface area (Å²) in [4.78, 5) is 27.9. The first-order valence-corrected chi connectivity index (χ1v) is 10.3. The molecule has 2 aromatic carbocycles. The number of amides is 2. The van der Waals surface area contributed by atoms with E-state index in [4.69, 9.17) is 8.83 Å². The number of benzene rings is 2. The molecule has 8 heteroatoms. The van der Waals surface area contributed by atoms with Crippen LogP contribution >= 0.6 is 11.8 Å². The standard InChI is InChI=1S/C23H16N2O5S/c1-12-19(24-22(29-12)14-5-3-2-4-6-14)20(26)17-11-15-9-13(7-8-16(15)30-17)10-18-21(27)25-23(28)31-18/h2-11,20,26H,1H3,(H,25,27,28). The van der Waals surface area contributed by atoms with Crippen LogP contribution < -0.4 is 5.32 Å². The number of aryl methyl sites for hydroxylation is 1. The number of imide groups is 1. The minimum absolute atomic E-state index is 0.332. The highest BCUT2D eigenvalue weighted by atomic mass is 32.2. The zero-order valence-electron chi connectivity index (χ0n) is 16.3. The van der Waals surface area contributed by atoms with E-state index in [0.29, 0.717) is 33.6 Å². The molecule has 0 saturated carbocycles. The van der Waals surface area contributed by atoms with E-state index >= 15 is 0 Å². The lowest BCUT2D eigenvalue weighted by Crippen LogP contribution is -2.17. The Balaban J connectivity index is 1.46. The van der Waals surface area contributed by atoms with Crippen LogP contribution in [0, 0.1) is 6.92 Å². The van der Waals surface area contributed by atoms with E-state index in [1.165, 1.54) is 0 Å². The Hall–Kier alpha value is -3.62. The summed E-state index contributed by atoms with van der Waals surface area (Å²) in [5, 5.41) is 13.5. The van der Waals surface area contributed by atoms with Gasteiger partial charge in [-0.15, -0.1) is 0 Å². The van der Waals surface area contributed by atoms with Crippen molar-refractivity contribution in [1.29, 1.82) is 0 Å². The van der Waals surface area contributed by atoms with Crippen molar-refractivity contribution in [2.24, 2.45) is 0 Å². The molecule has 1 unspecified atom stereocenters. The lowest BCUT2D eigenvalue weighted by molar-refractivity contribution is -0.115. The van der Waals surface area contributed by atoms with Crippen molar-refractivity contribution in [2.75, 3.05) is 0 Å². The van der Waals surface area contributed by atoms with Crippen LogP contribution in [0.3, 0.4) is 0 Å². The van der Waals surface area contributed by atoms with Crippen LogP contribution in [-0.2, 0) is 4.79 Å². The lowest BCUT2D eigenvalue weighted by atomic mass is 10.1. The summed E-state index contributed by atoms with van der Waals surface area (Å²) in [6.45, 7) is 1.75. The number of aromatic nitrogens is 1. The second-order valence-electron chi connectivity index (χ2n) is 7.03. The molecule has 0 radical (unpaired) electrons. The van der Waals surface area contributed by atoms with Crippen LogP contribution in [0.1, 0.15) is 28.9 Å². The fraction of sp³-hybridized carbons (Fsp3) is 0.0870. The predicted molar refractivity (Wildman–Crippen MR) is 116 cm³/mol. The number of aliphatic hydroxyl groups excluding tert-OH is 1. The Kier molecular flexibility index (Phi) is 4.72. The molecule has 1 atom stereocenters. The van der Waals surface area contributed by atoms with Gasteiger partial charge in [-0.2, -0.15) is 0 Å². The van der Waals surface area contributed by atoms with Crippen molar-refractivity contribution < 1.29 is 23.5 Å². The Morgan fingerprint density at radius 2 is 1.90 bits per heavy atom. The number of fused-ring (bicyclic) bond motifs is 1. The van der Waals surface area contributed by atoms with E-state index in [-0.39, 0.29) is 5.24 Å². The first kappa shape index (κ1) is 19.3. The number of hydrogen-bond acceptors (Lipinski definition) is 7. The number of hydrogen-bond donors (Lipinski definition) is 2. The minimum atomic E-state index is -1.09. The molecule has 0 spiro atoms. The molecule has 31 heavy (non-hydrogen) atoms. The lowest BCUT2D eigenvalue weighted by Gasteiger charge is -2.03. The van der Waals surface area contributed by atoms with Crippen molar-refractivity contribution in [1.82, 2.24) is 10.3 Å². The van der Waals surface area contributed by atoms with Gasteiger partial charge in [-0.05, 0) is 60.7 Å². The van der Waals surface area contributed by atoms with Gasteiger partial charge < -0.3 is 13.9 Å². The molecule has 2 aromatic heterocycles. The van der Waals surface area contributed by atoms with Gasteiger partial charge in [-0.25, -0.2) is 4.98 Å². The topological polar surface area (TPSA) is 106 Å². The molecular formula is C23H16N2O5S. The van der Waals surface area contributed by atoms with E-state index < -0.39 is 12.0 Å². The third-order valence-corrected chi connectivity index (χ3v) is 5.69. The third kappa shape index (κ3) is 3.67. The molecule has 1 aliphatic rings. The number of carbonyl (C=O) groups is 2. The van der Waals surface area contributed by atoms with E-state index in [1.807, 2.05) is 36.4 Å². The molecule has 3 heterocycles. The summed E-state index contributed by atoms with van der Waals surface area (Å²) < 4.78 is 11.6. The summed E-state index contributed by atoms with van der Waals surface area (Å²) in [5.41, 5.74) is 2.53. The molecule has 5 rings (SSSR count). The summed E-state index contributed by atoms with van der Waals surface area (Å²) in [5.74, 6) is 0.860. The molecule has 1 aliphatic heterocycles. The Morgan fingerprint density at radius 3 is 2.65 bits per heavy atom. The monoisotopic (exact) mass is 432 g/mol. The molecule has 0 bridgehead atoms. The second kappa shape index (κ2) is 7.57. The average Bonchev–Trinajstić information content (AvgIpc) is 3.44. The van der Waals surface area contributed by atoms with Crippen molar-refractivity contribution >= 4 is 40.0 Å². The van der Waals surface area contributed by atoms with Crippen LogP contribution in [0.5, 0.6) is 0 Å². The van der Waals surface area contributed by atoms with Gasteiger partial charge in [0.05, 0.1) is 4.91 Å².